The SMILES string of the molecule is Cc1cccc(N2CC[NH+](Cc3nc4sc5c(c4c(=O)[nH]3)CCCC5)CC2)c1C. The number of H-pyrrole nitrogens is 1. The number of rotatable bonds is 3. The molecule has 5 rings (SSSR count). The number of hydrogen-bond acceptors (Lipinski definition) is 4. The molecule has 1 saturated heterocycles. The van der Waals surface area contributed by atoms with Gasteiger partial charge in [-0.15, -0.1) is 11.3 Å². The monoisotopic (exact) mass is 409 g/mol. The van der Waals surface area contributed by atoms with Crippen molar-refractivity contribution in [3.63, 3.8) is 0 Å². The summed E-state index contributed by atoms with van der Waals surface area (Å²) in [6.07, 6.45) is 4.57. The van der Waals surface area contributed by atoms with Gasteiger partial charge in [-0.25, -0.2) is 4.98 Å². The molecule has 29 heavy (non-hydrogen) atoms. The Morgan fingerprint density at radius 2 is 1.97 bits per heavy atom. The molecule has 0 unspecified atom stereocenters. The van der Waals surface area contributed by atoms with E-state index in [9.17, 15) is 4.79 Å². The molecule has 1 aromatic carbocycles. The van der Waals surface area contributed by atoms with E-state index < -0.39 is 0 Å². The Morgan fingerprint density at radius 1 is 1.17 bits per heavy atom. The van der Waals surface area contributed by atoms with Crippen molar-refractivity contribution in [3.05, 3.63) is 55.9 Å². The number of thiophene rings is 1. The predicted molar refractivity (Wildman–Crippen MR) is 119 cm³/mol. The summed E-state index contributed by atoms with van der Waals surface area (Å²) in [6, 6.07) is 6.57. The number of fused-ring (bicyclic) bond motifs is 3. The first-order valence-electron chi connectivity index (χ1n) is 10.8. The Labute approximate surface area is 175 Å². The van der Waals surface area contributed by atoms with Gasteiger partial charge in [0.2, 0.25) is 0 Å². The van der Waals surface area contributed by atoms with Gasteiger partial charge < -0.3 is 14.8 Å². The summed E-state index contributed by atoms with van der Waals surface area (Å²) in [5.41, 5.74) is 5.44. The van der Waals surface area contributed by atoms with Crippen molar-refractivity contribution in [2.75, 3.05) is 31.1 Å². The summed E-state index contributed by atoms with van der Waals surface area (Å²) < 4.78 is 0. The van der Waals surface area contributed by atoms with Crippen LogP contribution in [0.4, 0.5) is 5.69 Å². The highest BCUT2D eigenvalue weighted by Crippen LogP contribution is 2.33. The zero-order chi connectivity index (χ0) is 20.0. The Bertz CT molecular complexity index is 1110. The molecule has 0 spiro atoms. The van der Waals surface area contributed by atoms with Crippen LogP contribution in [-0.2, 0) is 19.4 Å². The molecule has 0 atom stereocenters. The molecule has 1 fully saturated rings. The summed E-state index contributed by atoms with van der Waals surface area (Å²) in [5, 5.41) is 0.864. The number of aromatic nitrogens is 2. The van der Waals surface area contributed by atoms with Crippen LogP contribution in [0.3, 0.4) is 0 Å². The lowest BCUT2D eigenvalue weighted by atomic mass is 9.97. The first-order valence-corrected chi connectivity index (χ1v) is 11.6. The summed E-state index contributed by atoms with van der Waals surface area (Å²) in [4.78, 5) is 27.1. The van der Waals surface area contributed by atoms with Crippen molar-refractivity contribution >= 4 is 27.2 Å². The molecule has 2 N–H and O–H groups in total. The number of aromatic amines is 1. The molecular formula is C23H29N4OS+. The lowest BCUT2D eigenvalue weighted by molar-refractivity contribution is -0.915. The smallest absolute Gasteiger partial charge is 0.260 e. The molecule has 0 amide bonds. The number of nitrogens with one attached hydrogen (secondary N) is 2. The molecule has 6 heteroatoms. The van der Waals surface area contributed by atoms with E-state index in [0.29, 0.717) is 0 Å². The number of quaternary nitrogens is 1. The van der Waals surface area contributed by atoms with Gasteiger partial charge in [0.25, 0.3) is 5.56 Å². The fourth-order valence-corrected chi connectivity index (χ4v) is 6.13. The molecule has 1 aliphatic heterocycles. The molecule has 1 aliphatic carbocycles. The quantitative estimate of drug-likeness (QED) is 0.698. The Morgan fingerprint density at radius 3 is 2.79 bits per heavy atom. The highest BCUT2D eigenvalue weighted by molar-refractivity contribution is 7.18. The average Bonchev–Trinajstić information content (AvgIpc) is 3.09. The van der Waals surface area contributed by atoms with E-state index in [4.69, 9.17) is 4.98 Å². The molecule has 0 radical (unpaired) electrons. The van der Waals surface area contributed by atoms with Crippen LogP contribution in [0.2, 0.25) is 0 Å². The lowest BCUT2D eigenvalue weighted by Gasteiger charge is -2.34. The van der Waals surface area contributed by atoms with Crippen LogP contribution in [0.1, 0.15) is 40.2 Å². The van der Waals surface area contributed by atoms with Gasteiger partial charge in [-0.1, -0.05) is 12.1 Å². The fraction of sp³-hybridized carbons (Fsp3) is 0.478. The number of benzene rings is 1. The molecule has 2 aliphatic rings. The van der Waals surface area contributed by atoms with E-state index in [2.05, 4.69) is 41.9 Å². The fourth-order valence-electron chi connectivity index (χ4n) is 4.85. The van der Waals surface area contributed by atoms with E-state index in [1.54, 1.807) is 11.3 Å². The zero-order valence-corrected chi connectivity index (χ0v) is 18.1. The van der Waals surface area contributed by atoms with Gasteiger partial charge in [-0.3, -0.25) is 4.79 Å². The summed E-state index contributed by atoms with van der Waals surface area (Å²) >= 11 is 1.74. The van der Waals surface area contributed by atoms with Gasteiger partial charge in [-0.05, 0) is 62.3 Å². The van der Waals surface area contributed by atoms with Crippen LogP contribution in [-0.4, -0.2) is 36.1 Å². The maximum absolute atomic E-state index is 12.8. The van der Waals surface area contributed by atoms with Crippen molar-refractivity contribution in [1.82, 2.24) is 9.97 Å². The zero-order valence-electron chi connectivity index (χ0n) is 17.3. The minimum atomic E-state index is 0.0674. The largest absolute Gasteiger partial charge is 0.360 e. The molecule has 0 bridgehead atoms. The highest BCUT2D eigenvalue weighted by atomic mass is 32.1. The Balaban J connectivity index is 1.31. The molecular weight excluding hydrogens is 380 g/mol. The number of anilines is 1. The summed E-state index contributed by atoms with van der Waals surface area (Å²) in [7, 11) is 0. The third-order valence-electron chi connectivity index (χ3n) is 6.68. The first kappa shape index (κ1) is 18.8. The predicted octanol–water partition coefficient (Wildman–Crippen LogP) is 2.39. The van der Waals surface area contributed by atoms with E-state index >= 15 is 0 Å². The van der Waals surface area contributed by atoms with E-state index in [1.165, 1.54) is 45.0 Å². The van der Waals surface area contributed by atoms with Crippen LogP contribution in [0.25, 0.3) is 10.2 Å². The number of aryl methyl sites for hydroxylation is 3. The van der Waals surface area contributed by atoms with Crippen LogP contribution >= 0.6 is 11.3 Å². The van der Waals surface area contributed by atoms with Crippen molar-refractivity contribution in [3.8, 4) is 0 Å². The van der Waals surface area contributed by atoms with Crippen molar-refractivity contribution in [1.29, 1.82) is 0 Å². The van der Waals surface area contributed by atoms with Crippen LogP contribution < -0.4 is 15.4 Å². The summed E-state index contributed by atoms with van der Waals surface area (Å²) in [5.74, 6) is 0.844. The lowest BCUT2D eigenvalue weighted by Crippen LogP contribution is -3.13. The number of nitrogens with zero attached hydrogens (tertiary/aromatic N) is 2. The van der Waals surface area contributed by atoms with Gasteiger partial charge in [0, 0.05) is 10.6 Å². The maximum Gasteiger partial charge on any atom is 0.260 e. The van der Waals surface area contributed by atoms with Crippen LogP contribution in [0, 0.1) is 13.8 Å². The minimum Gasteiger partial charge on any atom is -0.360 e. The molecule has 3 aromatic rings. The second kappa shape index (κ2) is 7.58. The van der Waals surface area contributed by atoms with Crippen molar-refractivity contribution < 1.29 is 4.90 Å². The summed E-state index contributed by atoms with van der Waals surface area (Å²) in [6.45, 7) is 9.41. The van der Waals surface area contributed by atoms with Gasteiger partial charge >= 0.3 is 0 Å². The topological polar surface area (TPSA) is 53.4 Å². The molecule has 2 aromatic heterocycles. The Kier molecular flexibility index (Phi) is 4.92. The average molecular weight is 410 g/mol. The van der Waals surface area contributed by atoms with Crippen LogP contribution in [0.5, 0.6) is 0 Å². The standard InChI is InChI=1S/C23H28N4OS/c1-15-6-5-8-18(16(15)2)27-12-10-26(11-13-27)14-20-24-22(28)21-17-7-3-4-9-19(17)29-23(21)25-20/h5-6,8H,3-4,7,9-14H2,1-2H3,(H,24,25,28)/p+1. The van der Waals surface area contributed by atoms with Gasteiger partial charge in [0.05, 0.1) is 31.6 Å². The van der Waals surface area contributed by atoms with Gasteiger partial charge in [-0.2, -0.15) is 0 Å². The number of piperazine rings is 1. The highest BCUT2D eigenvalue weighted by Gasteiger charge is 2.24. The minimum absolute atomic E-state index is 0.0674. The normalized spacial score (nSPS) is 17.7. The maximum atomic E-state index is 12.8. The van der Waals surface area contributed by atoms with Gasteiger partial charge in [0.15, 0.2) is 5.82 Å². The van der Waals surface area contributed by atoms with Crippen LogP contribution in [0.15, 0.2) is 23.0 Å². The van der Waals surface area contributed by atoms with E-state index in [1.807, 2.05) is 0 Å². The molecule has 0 saturated carbocycles. The van der Waals surface area contributed by atoms with E-state index in [0.717, 1.165) is 61.6 Å². The molecule has 3 heterocycles. The second-order valence-electron chi connectivity index (χ2n) is 8.54. The Hall–Kier alpha value is -2.18. The van der Waals surface area contributed by atoms with Crippen molar-refractivity contribution in [2.24, 2.45) is 0 Å². The molecule has 152 valence electrons. The number of hydrogen-bond donors (Lipinski definition) is 2. The third kappa shape index (κ3) is 3.49. The van der Waals surface area contributed by atoms with E-state index in [-0.39, 0.29) is 5.56 Å². The van der Waals surface area contributed by atoms with Gasteiger partial charge in [0.1, 0.15) is 11.4 Å². The first-order chi connectivity index (χ1) is 14.1. The van der Waals surface area contributed by atoms with Crippen molar-refractivity contribution in [2.45, 2.75) is 46.1 Å². The third-order valence-corrected chi connectivity index (χ3v) is 7.86. The molecule has 5 nitrogen and oxygen atoms in total. The second-order valence-corrected chi connectivity index (χ2v) is 9.62.